The van der Waals surface area contributed by atoms with Gasteiger partial charge in [0, 0.05) is 31.9 Å². The van der Waals surface area contributed by atoms with Gasteiger partial charge >= 0.3 is 0 Å². The molecule has 20 heavy (non-hydrogen) atoms. The summed E-state index contributed by atoms with van der Waals surface area (Å²) in [5.41, 5.74) is 1.11. The van der Waals surface area contributed by atoms with E-state index in [1.54, 1.807) is 6.20 Å². The Hall–Kier alpha value is -1.91. The minimum Gasteiger partial charge on any atom is -0.355 e. The van der Waals surface area contributed by atoms with E-state index in [1.165, 1.54) is 0 Å². The van der Waals surface area contributed by atoms with Gasteiger partial charge in [-0.3, -0.25) is 14.6 Å². The highest BCUT2D eigenvalue weighted by atomic mass is 16.2. The summed E-state index contributed by atoms with van der Waals surface area (Å²) in [5.74, 6) is 0.167. The topological polar surface area (TPSA) is 62.3 Å². The molecular formula is C15H19N3O2. The normalized spacial score (nSPS) is 26.4. The third-order valence-electron chi connectivity index (χ3n) is 4.22. The van der Waals surface area contributed by atoms with Gasteiger partial charge in [-0.1, -0.05) is 6.07 Å². The fourth-order valence-electron chi connectivity index (χ4n) is 3.13. The lowest BCUT2D eigenvalue weighted by Gasteiger charge is -2.30. The standard InChI is InChI=1S/C15H19N3O2/c19-14-6-5-12(10-17-14)15(20)18-8-2-4-13(18)11-3-1-7-16-9-11/h1,3,7,9,12-13H,2,4-6,8,10H2,(H,17,19). The van der Waals surface area contributed by atoms with Crippen molar-refractivity contribution >= 4 is 11.8 Å². The molecule has 1 N–H and O–H groups in total. The maximum atomic E-state index is 12.6. The summed E-state index contributed by atoms with van der Waals surface area (Å²) >= 11 is 0. The smallest absolute Gasteiger partial charge is 0.227 e. The summed E-state index contributed by atoms with van der Waals surface area (Å²) in [6, 6.07) is 4.09. The van der Waals surface area contributed by atoms with Crippen LogP contribution in [0.25, 0.3) is 0 Å². The fourth-order valence-corrected chi connectivity index (χ4v) is 3.13. The van der Waals surface area contributed by atoms with Gasteiger partial charge < -0.3 is 10.2 Å². The molecule has 0 aliphatic carbocycles. The molecule has 2 aliphatic heterocycles. The maximum Gasteiger partial charge on any atom is 0.227 e. The second-order valence-electron chi connectivity index (χ2n) is 5.52. The lowest BCUT2D eigenvalue weighted by atomic mass is 9.96. The molecule has 2 unspecified atom stereocenters. The van der Waals surface area contributed by atoms with Crippen LogP contribution in [0.1, 0.15) is 37.3 Å². The number of likely N-dealkylation sites (tertiary alicyclic amines) is 1. The van der Waals surface area contributed by atoms with E-state index < -0.39 is 0 Å². The van der Waals surface area contributed by atoms with E-state index in [4.69, 9.17) is 0 Å². The van der Waals surface area contributed by atoms with Crippen molar-refractivity contribution in [1.29, 1.82) is 0 Å². The molecule has 106 valence electrons. The molecule has 0 bridgehead atoms. The summed E-state index contributed by atoms with van der Waals surface area (Å²) in [4.78, 5) is 30.0. The van der Waals surface area contributed by atoms with Gasteiger partial charge in [-0.05, 0) is 30.9 Å². The first-order valence-corrected chi connectivity index (χ1v) is 7.23. The van der Waals surface area contributed by atoms with Gasteiger partial charge in [0.2, 0.25) is 11.8 Å². The Kier molecular flexibility index (Phi) is 3.67. The number of hydrogen-bond donors (Lipinski definition) is 1. The van der Waals surface area contributed by atoms with Crippen LogP contribution in [0.4, 0.5) is 0 Å². The Balaban J connectivity index is 1.72. The van der Waals surface area contributed by atoms with Gasteiger partial charge in [-0.25, -0.2) is 0 Å². The quantitative estimate of drug-likeness (QED) is 0.882. The van der Waals surface area contributed by atoms with Crippen LogP contribution >= 0.6 is 0 Å². The van der Waals surface area contributed by atoms with Gasteiger partial charge in [0.05, 0.1) is 12.0 Å². The van der Waals surface area contributed by atoms with Gasteiger partial charge in [-0.15, -0.1) is 0 Å². The molecular weight excluding hydrogens is 254 g/mol. The molecule has 0 radical (unpaired) electrons. The molecule has 2 atom stereocenters. The number of rotatable bonds is 2. The fraction of sp³-hybridized carbons (Fsp3) is 0.533. The molecule has 1 aromatic rings. The lowest BCUT2D eigenvalue weighted by Crippen LogP contribution is -2.44. The van der Waals surface area contributed by atoms with E-state index >= 15 is 0 Å². The molecule has 5 nitrogen and oxygen atoms in total. The Morgan fingerprint density at radius 2 is 2.30 bits per heavy atom. The van der Waals surface area contributed by atoms with Crippen molar-refractivity contribution in [2.45, 2.75) is 31.7 Å². The van der Waals surface area contributed by atoms with Crippen LogP contribution in [0.15, 0.2) is 24.5 Å². The minimum absolute atomic E-state index is 0.0549. The molecule has 0 spiro atoms. The van der Waals surface area contributed by atoms with E-state index in [-0.39, 0.29) is 23.8 Å². The number of carbonyl (C=O) groups excluding carboxylic acids is 2. The predicted molar refractivity (Wildman–Crippen MR) is 73.7 cm³/mol. The van der Waals surface area contributed by atoms with E-state index in [0.29, 0.717) is 19.4 Å². The van der Waals surface area contributed by atoms with Crippen molar-refractivity contribution in [1.82, 2.24) is 15.2 Å². The molecule has 2 saturated heterocycles. The van der Waals surface area contributed by atoms with Crippen molar-refractivity contribution in [3.8, 4) is 0 Å². The van der Waals surface area contributed by atoms with Crippen LogP contribution in [-0.4, -0.2) is 34.8 Å². The molecule has 2 fully saturated rings. The van der Waals surface area contributed by atoms with E-state index in [2.05, 4.69) is 10.3 Å². The number of aromatic nitrogens is 1. The zero-order valence-corrected chi connectivity index (χ0v) is 11.4. The minimum atomic E-state index is -0.0648. The Labute approximate surface area is 118 Å². The first kappa shape index (κ1) is 13.1. The zero-order chi connectivity index (χ0) is 13.9. The molecule has 2 aliphatic rings. The highest BCUT2D eigenvalue weighted by Gasteiger charge is 2.35. The number of amides is 2. The van der Waals surface area contributed by atoms with E-state index in [9.17, 15) is 9.59 Å². The predicted octanol–water partition coefficient (Wildman–Crippen LogP) is 1.27. The summed E-state index contributed by atoms with van der Waals surface area (Å²) < 4.78 is 0. The molecule has 3 rings (SSSR count). The molecule has 1 aromatic heterocycles. The third kappa shape index (κ3) is 2.53. The lowest BCUT2D eigenvalue weighted by molar-refractivity contribution is -0.138. The number of nitrogens with zero attached hydrogens (tertiary/aromatic N) is 2. The summed E-state index contributed by atoms with van der Waals surface area (Å²) in [7, 11) is 0. The zero-order valence-electron chi connectivity index (χ0n) is 11.4. The van der Waals surface area contributed by atoms with Crippen LogP contribution < -0.4 is 5.32 Å². The Morgan fingerprint density at radius 1 is 1.40 bits per heavy atom. The third-order valence-corrected chi connectivity index (χ3v) is 4.22. The van der Waals surface area contributed by atoms with Crippen LogP contribution in [0.2, 0.25) is 0 Å². The van der Waals surface area contributed by atoms with Gasteiger partial charge in [-0.2, -0.15) is 0 Å². The average Bonchev–Trinajstić information content (AvgIpc) is 2.97. The van der Waals surface area contributed by atoms with Crippen LogP contribution in [0.3, 0.4) is 0 Å². The highest BCUT2D eigenvalue weighted by Crippen LogP contribution is 2.33. The monoisotopic (exact) mass is 273 g/mol. The average molecular weight is 273 g/mol. The second kappa shape index (κ2) is 5.61. The second-order valence-corrected chi connectivity index (χ2v) is 5.52. The number of carbonyl (C=O) groups is 2. The summed E-state index contributed by atoms with van der Waals surface area (Å²) in [6.07, 6.45) is 6.75. The molecule has 2 amide bonds. The van der Waals surface area contributed by atoms with Gasteiger partial charge in [0.25, 0.3) is 0 Å². The highest BCUT2D eigenvalue weighted by molar-refractivity contribution is 5.84. The van der Waals surface area contributed by atoms with Crippen molar-refractivity contribution < 1.29 is 9.59 Å². The van der Waals surface area contributed by atoms with Crippen LogP contribution in [-0.2, 0) is 9.59 Å². The largest absolute Gasteiger partial charge is 0.355 e. The number of pyridine rings is 1. The molecule has 0 saturated carbocycles. The first-order chi connectivity index (χ1) is 9.75. The number of piperidine rings is 1. The maximum absolute atomic E-state index is 12.6. The molecule has 5 heteroatoms. The van der Waals surface area contributed by atoms with E-state index in [0.717, 1.165) is 24.9 Å². The summed E-state index contributed by atoms with van der Waals surface area (Å²) in [5, 5.41) is 2.79. The molecule has 0 aromatic carbocycles. The van der Waals surface area contributed by atoms with Crippen molar-refractivity contribution in [3.05, 3.63) is 30.1 Å². The van der Waals surface area contributed by atoms with Crippen LogP contribution in [0, 0.1) is 5.92 Å². The van der Waals surface area contributed by atoms with Crippen molar-refractivity contribution in [3.63, 3.8) is 0 Å². The van der Waals surface area contributed by atoms with Crippen molar-refractivity contribution in [2.75, 3.05) is 13.1 Å². The Morgan fingerprint density at radius 3 is 3.00 bits per heavy atom. The number of hydrogen-bond acceptors (Lipinski definition) is 3. The van der Waals surface area contributed by atoms with E-state index in [1.807, 2.05) is 23.2 Å². The molecule has 3 heterocycles. The number of nitrogens with one attached hydrogen (secondary N) is 1. The summed E-state index contributed by atoms with van der Waals surface area (Å²) in [6.45, 7) is 1.29. The van der Waals surface area contributed by atoms with Crippen molar-refractivity contribution in [2.24, 2.45) is 5.92 Å². The van der Waals surface area contributed by atoms with Gasteiger partial charge in [0.1, 0.15) is 0 Å². The first-order valence-electron chi connectivity index (χ1n) is 7.23. The Bertz CT molecular complexity index is 493. The SMILES string of the molecule is O=C1CCC(C(=O)N2CCCC2c2cccnc2)CN1. The van der Waals surface area contributed by atoms with Crippen LogP contribution in [0.5, 0.6) is 0 Å². The van der Waals surface area contributed by atoms with Gasteiger partial charge in [0.15, 0.2) is 0 Å².